The van der Waals surface area contributed by atoms with Gasteiger partial charge in [0.15, 0.2) is 0 Å². The summed E-state index contributed by atoms with van der Waals surface area (Å²) in [5.74, 6) is 2.07. The lowest BCUT2D eigenvalue weighted by molar-refractivity contribution is 0.0162. The zero-order valence-electron chi connectivity index (χ0n) is 16.9. The average molecular weight is 447 g/mol. The molecule has 0 aliphatic carbocycles. The van der Waals surface area contributed by atoms with E-state index in [1.165, 1.54) is 35.6 Å². The van der Waals surface area contributed by atoms with Crippen LogP contribution in [-0.4, -0.2) is 55.2 Å². The third-order valence-electron chi connectivity index (χ3n) is 5.47. The Bertz CT molecular complexity index is 820. The minimum Gasteiger partial charge on any atom is -0.379 e. The highest BCUT2D eigenvalue weighted by Gasteiger charge is 2.24. The SMILES string of the molecule is O=C(NCC(c1ccc(F)cc1)N1CCOCC1)c1ccc(C2SCCCS2)cc1. The Kier molecular flexibility index (Phi) is 7.71. The molecular formula is C23H27FN2O2S2. The first-order chi connectivity index (χ1) is 14.7. The molecule has 0 bridgehead atoms. The Balaban J connectivity index is 1.40. The van der Waals surface area contributed by atoms with Crippen LogP contribution < -0.4 is 5.32 Å². The molecular weight excluding hydrogens is 419 g/mol. The molecule has 160 valence electrons. The van der Waals surface area contributed by atoms with Gasteiger partial charge in [-0.1, -0.05) is 24.3 Å². The van der Waals surface area contributed by atoms with Gasteiger partial charge in [0.05, 0.1) is 23.8 Å². The quantitative estimate of drug-likeness (QED) is 0.708. The van der Waals surface area contributed by atoms with Gasteiger partial charge in [0, 0.05) is 25.2 Å². The van der Waals surface area contributed by atoms with Gasteiger partial charge in [-0.2, -0.15) is 0 Å². The second-order valence-electron chi connectivity index (χ2n) is 7.47. The first-order valence-electron chi connectivity index (χ1n) is 10.4. The highest BCUT2D eigenvalue weighted by atomic mass is 32.2. The Morgan fingerprint density at radius 2 is 1.73 bits per heavy atom. The van der Waals surface area contributed by atoms with Crippen molar-refractivity contribution >= 4 is 29.4 Å². The van der Waals surface area contributed by atoms with Crippen molar-refractivity contribution in [1.82, 2.24) is 10.2 Å². The van der Waals surface area contributed by atoms with Crippen LogP contribution in [0, 0.1) is 5.82 Å². The van der Waals surface area contributed by atoms with Crippen LogP contribution in [0.25, 0.3) is 0 Å². The largest absolute Gasteiger partial charge is 0.379 e. The number of amides is 1. The Hall–Kier alpha value is -1.54. The van der Waals surface area contributed by atoms with E-state index < -0.39 is 0 Å². The van der Waals surface area contributed by atoms with E-state index in [1.807, 2.05) is 35.7 Å². The molecule has 2 fully saturated rings. The topological polar surface area (TPSA) is 41.6 Å². The molecule has 2 aromatic carbocycles. The summed E-state index contributed by atoms with van der Waals surface area (Å²) in [6.45, 7) is 3.40. The molecule has 1 amide bonds. The number of halogens is 1. The van der Waals surface area contributed by atoms with Gasteiger partial charge < -0.3 is 10.1 Å². The smallest absolute Gasteiger partial charge is 0.251 e. The van der Waals surface area contributed by atoms with Gasteiger partial charge >= 0.3 is 0 Å². The Morgan fingerprint density at radius 1 is 1.07 bits per heavy atom. The van der Waals surface area contributed by atoms with Crippen LogP contribution in [-0.2, 0) is 4.74 Å². The lowest BCUT2D eigenvalue weighted by atomic mass is 10.0. The van der Waals surface area contributed by atoms with Gasteiger partial charge in [-0.3, -0.25) is 9.69 Å². The predicted octanol–water partition coefficient (Wildman–Crippen LogP) is 4.50. The molecule has 2 heterocycles. The average Bonchev–Trinajstić information content (AvgIpc) is 2.81. The summed E-state index contributed by atoms with van der Waals surface area (Å²) >= 11 is 3.96. The van der Waals surface area contributed by atoms with Gasteiger partial charge in [0.25, 0.3) is 5.91 Å². The number of thioether (sulfide) groups is 2. The molecule has 2 aromatic rings. The summed E-state index contributed by atoms with van der Waals surface area (Å²) in [6, 6.07) is 14.5. The van der Waals surface area contributed by atoms with Gasteiger partial charge in [0.2, 0.25) is 0 Å². The number of benzene rings is 2. The number of carbonyl (C=O) groups is 1. The molecule has 2 saturated heterocycles. The summed E-state index contributed by atoms with van der Waals surface area (Å²) in [5, 5.41) is 3.08. The van der Waals surface area contributed by atoms with Crippen LogP contribution in [0.15, 0.2) is 48.5 Å². The number of carbonyl (C=O) groups excluding carboxylic acids is 1. The van der Waals surface area contributed by atoms with E-state index in [4.69, 9.17) is 4.74 Å². The van der Waals surface area contributed by atoms with Crippen molar-refractivity contribution in [2.45, 2.75) is 17.0 Å². The number of morpholine rings is 1. The molecule has 0 aromatic heterocycles. The zero-order chi connectivity index (χ0) is 20.8. The minimum absolute atomic E-state index is 0.00670. The van der Waals surface area contributed by atoms with Crippen LogP contribution in [0.2, 0.25) is 0 Å². The fourth-order valence-corrected chi connectivity index (χ4v) is 6.69. The number of nitrogens with zero attached hydrogens (tertiary/aromatic N) is 1. The second kappa shape index (κ2) is 10.7. The summed E-state index contributed by atoms with van der Waals surface area (Å²) in [6.07, 6.45) is 1.27. The third kappa shape index (κ3) is 5.58. The summed E-state index contributed by atoms with van der Waals surface area (Å²) in [4.78, 5) is 15.1. The first kappa shape index (κ1) is 21.7. The number of nitrogens with one attached hydrogen (secondary N) is 1. The maximum atomic E-state index is 13.4. The molecule has 2 aliphatic rings. The van der Waals surface area contributed by atoms with Crippen molar-refractivity contribution in [2.24, 2.45) is 0 Å². The van der Waals surface area contributed by atoms with Gasteiger partial charge in [-0.05, 0) is 53.3 Å². The standard InChI is InChI=1S/C23H27FN2O2S2/c24-20-8-6-17(7-9-20)21(26-10-12-28-13-11-26)16-25-22(27)18-2-4-19(5-3-18)23-29-14-1-15-30-23/h2-9,21,23H,1,10-16H2,(H,25,27). The van der Waals surface area contributed by atoms with Crippen LogP contribution in [0.3, 0.4) is 0 Å². The van der Waals surface area contributed by atoms with E-state index in [1.54, 1.807) is 12.1 Å². The van der Waals surface area contributed by atoms with Crippen molar-refractivity contribution in [3.8, 4) is 0 Å². The molecule has 1 atom stereocenters. The van der Waals surface area contributed by atoms with E-state index >= 15 is 0 Å². The second-order valence-corrected chi connectivity index (χ2v) is 10.2. The predicted molar refractivity (Wildman–Crippen MR) is 123 cm³/mol. The summed E-state index contributed by atoms with van der Waals surface area (Å²) in [7, 11) is 0. The maximum Gasteiger partial charge on any atom is 0.251 e. The van der Waals surface area contributed by atoms with Crippen molar-refractivity contribution in [2.75, 3.05) is 44.4 Å². The fraction of sp³-hybridized carbons (Fsp3) is 0.435. The van der Waals surface area contributed by atoms with Gasteiger partial charge in [-0.25, -0.2) is 4.39 Å². The van der Waals surface area contributed by atoms with Crippen molar-refractivity contribution in [1.29, 1.82) is 0 Å². The zero-order valence-corrected chi connectivity index (χ0v) is 18.5. The molecule has 0 spiro atoms. The lowest BCUT2D eigenvalue weighted by Gasteiger charge is -2.35. The third-order valence-corrected chi connectivity index (χ3v) is 8.48. The van der Waals surface area contributed by atoms with Crippen molar-refractivity contribution < 1.29 is 13.9 Å². The fourth-order valence-electron chi connectivity index (χ4n) is 3.80. The van der Waals surface area contributed by atoms with E-state index in [9.17, 15) is 9.18 Å². The van der Waals surface area contributed by atoms with Gasteiger partial charge in [0.1, 0.15) is 5.82 Å². The molecule has 7 heteroatoms. The van der Waals surface area contributed by atoms with Crippen LogP contribution >= 0.6 is 23.5 Å². The van der Waals surface area contributed by atoms with Crippen LogP contribution in [0.4, 0.5) is 4.39 Å². The number of hydrogen-bond donors (Lipinski definition) is 1. The van der Waals surface area contributed by atoms with Crippen molar-refractivity contribution in [3.05, 3.63) is 71.0 Å². The van der Waals surface area contributed by atoms with Gasteiger partial charge in [-0.15, -0.1) is 23.5 Å². The van der Waals surface area contributed by atoms with Crippen molar-refractivity contribution in [3.63, 3.8) is 0 Å². The molecule has 0 radical (unpaired) electrons. The molecule has 4 rings (SSSR count). The molecule has 1 unspecified atom stereocenters. The van der Waals surface area contributed by atoms with E-state index in [2.05, 4.69) is 22.3 Å². The summed E-state index contributed by atoms with van der Waals surface area (Å²) < 4.78 is 19.3. The highest BCUT2D eigenvalue weighted by molar-refractivity contribution is 8.16. The monoisotopic (exact) mass is 446 g/mol. The van der Waals surface area contributed by atoms with E-state index in [-0.39, 0.29) is 17.8 Å². The highest BCUT2D eigenvalue weighted by Crippen LogP contribution is 2.43. The van der Waals surface area contributed by atoms with E-state index in [0.29, 0.717) is 29.9 Å². The molecule has 0 saturated carbocycles. The maximum absolute atomic E-state index is 13.4. The summed E-state index contributed by atoms with van der Waals surface area (Å²) in [5.41, 5.74) is 2.95. The lowest BCUT2D eigenvalue weighted by Crippen LogP contribution is -2.43. The van der Waals surface area contributed by atoms with E-state index in [0.717, 1.165) is 18.7 Å². The Labute approximate surface area is 185 Å². The minimum atomic E-state index is -0.252. The van der Waals surface area contributed by atoms with Crippen LogP contribution in [0.5, 0.6) is 0 Å². The molecule has 2 aliphatic heterocycles. The first-order valence-corrected chi connectivity index (χ1v) is 12.5. The number of ether oxygens (including phenoxy) is 1. The number of hydrogen-bond acceptors (Lipinski definition) is 5. The Morgan fingerprint density at radius 3 is 2.40 bits per heavy atom. The normalized spacial score (nSPS) is 19.4. The molecule has 1 N–H and O–H groups in total. The molecule has 30 heavy (non-hydrogen) atoms. The van der Waals surface area contributed by atoms with Crippen LogP contribution in [0.1, 0.15) is 38.5 Å². The molecule has 4 nitrogen and oxygen atoms in total. The number of rotatable bonds is 6.